The maximum atomic E-state index is 13.9. The van der Waals surface area contributed by atoms with Crippen molar-refractivity contribution < 1.29 is 32.2 Å². The summed E-state index contributed by atoms with van der Waals surface area (Å²) in [5.41, 5.74) is -1.72. The van der Waals surface area contributed by atoms with E-state index in [-0.39, 0.29) is 17.4 Å². The SMILES string of the molecule is CCCOc1ccc(NC(=O)c2cnn(-c3ccc(OC)nn3)c2C(F)(F)F)cc1OCCC. The Hall–Kier alpha value is -3.83. The Morgan fingerprint density at radius 3 is 2.32 bits per heavy atom. The summed E-state index contributed by atoms with van der Waals surface area (Å²) in [6.07, 6.45) is -2.53. The van der Waals surface area contributed by atoms with Gasteiger partial charge in [0.05, 0.1) is 32.1 Å². The van der Waals surface area contributed by atoms with E-state index in [0.29, 0.717) is 29.4 Å². The molecule has 0 aliphatic carbocycles. The fourth-order valence-electron chi connectivity index (χ4n) is 2.94. The molecule has 182 valence electrons. The van der Waals surface area contributed by atoms with Gasteiger partial charge in [-0.25, -0.2) is 4.68 Å². The lowest BCUT2D eigenvalue weighted by molar-refractivity contribution is -0.143. The van der Waals surface area contributed by atoms with Gasteiger partial charge in [0, 0.05) is 17.8 Å². The minimum atomic E-state index is -4.89. The number of carbonyl (C=O) groups is 1. The maximum Gasteiger partial charge on any atom is 0.434 e. The van der Waals surface area contributed by atoms with Crippen LogP contribution in [0.1, 0.15) is 42.7 Å². The predicted octanol–water partition coefficient (Wildman–Crippen LogP) is 4.52. The number of ether oxygens (including phenoxy) is 3. The third kappa shape index (κ3) is 5.74. The predicted molar refractivity (Wildman–Crippen MR) is 117 cm³/mol. The van der Waals surface area contributed by atoms with Crippen LogP contribution in [0.5, 0.6) is 17.4 Å². The summed E-state index contributed by atoms with van der Waals surface area (Å²) in [6.45, 7) is 4.77. The van der Waals surface area contributed by atoms with Gasteiger partial charge in [-0.2, -0.15) is 18.3 Å². The molecule has 34 heavy (non-hydrogen) atoms. The average molecular weight is 479 g/mol. The zero-order chi connectivity index (χ0) is 24.7. The standard InChI is InChI=1S/C22H24F3N5O4/c1-4-10-33-16-7-6-14(12-17(16)34-11-5-2)27-21(31)15-13-26-30(20(15)22(23,24)25)18-8-9-19(32-3)29-28-18/h6-9,12-13H,4-5,10-11H2,1-3H3,(H,27,31). The largest absolute Gasteiger partial charge is 0.490 e. The normalized spacial score (nSPS) is 11.2. The zero-order valence-electron chi connectivity index (χ0n) is 18.8. The summed E-state index contributed by atoms with van der Waals surface area (Å²) in [7, 11) is 1.35. The Labute approximate surface area is 193 Å². The third-order valence-corrected chi connectivity index (χ3v) is 4.46. The highest BCUT2D eigenvalue weighted by molar-refractivity contribution is 6.05. The Morgan fingerprint density at radius 2 is 1.74 bits per heavy atom. The van der Waals surface area contributed by atoms with E-state index in [2.05, 4.69) is 20.6 Å². The van der Waals surface area contributed by atoms with Gasteiger partial charge in [-0.1, -0.05) is 13.8 Å². The van der Waals surface area contributed by atoms with Crippen molar-refractivity contribution in [3.63, 3.8) is 0 Å². The summed E-state index contributed by atoms with van der Waals surface area (Å²) >= 11 is 0. The molecule has 2 aromatic heterocycles. The van der Waals surface area contributed by atoms with Crippen LogP contribution in [0.25, 0.3) is 5.82 Å². The smallest absolute Gasteiger partial charge is 0.434 e. The van der Waals surface area contributed by atoms with Crippen LogP contribution >= 0.6 is 0 Å². The number of aromatic nitrogens is 4. The van der Waals surface area contributed by atoms with Crippen molar-refractivity contribution >= 4 is 11.6 Å². The van der Waals surface area contributed by atoms with Crippen molar-refractivity contribution in [2.24, 2.45) is 0 Å². The number of anilines is 1. The molecule has 0 unspecified atom stereocenters. The second-order valence-corrected chi connectivity index (χ2v) is 7.06. The van der Waals surface area contributed by atoms with E-state index in [1.165, 1.54) is 31.4 Å². The lowest BCUT2D eigenvalue weighted by Gasteiger charge is -2.15. The first kappa shape index (κ1) is 24.8. The summed E-state index contributed by atoms with van der Waals surface area (Å²) < 4.78 is 58.4. The topological polar surface area (TPSA) is 100 Å². The molecule has 1 amide bonds. The lowest BCUT2D eigenvalue weighted by Crippen LogP contribution is -2.21. The Bertz CT molecular complexity index is 1120. The first-order valence-corrected chi connectivity index (χ1v) is 10.5. The molecule has 0 radical (unpaired) electrons. The average Bonchev–Trinajstić information content (AvgIpc) is 3.28. The van der Waals surface area contributed by atoms with E-state index < -0.39 is 23.3 Å². The van der Waals surface area contributed by atoms with Gasteiger partial charge in [-0.3, -0.25) is 4.79 Å². The highest BCUT2D eigenvalue weighted by Crippen LogP contribution is 2.35. The lowest BCUT2D eigenvalue weighted by atomic mass is 10.2. The Balaban J connectivity index is 1.91. The molecule has 3 aromatic rings. The summed E-state index contributed by atoms with van der Waals surface area (Å²) in [6, 6.07) is 7.21. The Morgan fingerprint density at radius 1 is 1.03 bits per heavy atom. The van der Waals surface area contributed by atoms with Gasteiger partial charge in [-0.05, 0) is 31.0 Å². The second-order valence-electron chi connectivity index (χ2n) is 7.06. The molecule has 0 bridgehead atoms. The van der Waals surface area contributed by atoms with Gasteiger partial charge in [0.1, 0.15) is 0 Å². The molecule has 0 atom stereocenters. The molecule has 0 aliphatic heterocycles. The van der Waals surface area contributed by atoms with Gasteiger partial charge in [0.15, 0.2) is 23.0 Å². The number of nitrogens with one attached hydrogen (secondary N) is 1. The molecular formula is C22H24F3N5O4. The number of benzene rings is 1. The summed E-state index contributed by atoms with van der Waals surface area (Å²) in [4.78, 5) is 12.8. The van der Waals surface area contributed by atoms with E-state index >= 15 is 0 Å². The molecule has 1 N–H and O–H groups in total. The number of hydrogen-bond acceptors (Lipinski definition) is 7. The minimum absolute atomic E-state index is 0.120. The highest BCUT2D eigenvalue weighted by Gasteiger charge is 2.41. The molecule has 2 heterocycles. The number of methoxy groups -OCH3 is 1. The van der Waals surface area contributed by atoms with Crippen LogP contribution in [0.15, 0.2) is 36.5 Å². The molecule has 1 aromatic carbocycles. The van der Waals surface area contributed by atoms with Crippen LogP contribution < -0.4 is 19.5 Å². The summed E-state index contributed by atoms with van der Waals surface area (Å²) in [5.74, 6) is -0.234. The third-order valence-electron chi connectivity index (χ3n) is 4.46. The molecule has 0 saturated carbocycles. The highest BCUT2D eigenvalue weighted by atomic mass is 19.4. The van der Waals surface area contributed by atoms with Crippen LogP contribution in [0.2, 0.25) is 0 Å². The quantitative estimate of drug-likeness (QED) is 0.456. The number of alkyl halides is 3. The molecular weight excluding hydrogens is 455 g/mol. The molecule has 0 aliphatic rings. The summed E-state index contributed by atoms with van der Waals surface area (Å²) in [5, 5.41) is 13.5. The van der Waals surface area contributed by atoms with Crippen molar-refractivity contribution in [1.82, 2.24) is 20.0 Å². The second kappa shape index (κ2) is 10.9. The molecule has 3 rings (SSSR count). The fourth-order valence-corrected chi connectivity index (χ4v) is 2.94. The van der Waals surface area contributed by atoms with Crippen LogP contribution in [0, 0.1) is 0 Å². The van der Waals surface area contributed by atoms with E-state index in [4.69, 9.17) is 14.2 Å². The van der Waals surface area contributed by atoms with Gasteiger partial charge < -0.3 is 19.5 Å². The maximum absolute atomic E-state index is 13.9. The monoisotopic (exact) mass is 479 g/mol. The Kier molecular flexibility index (Phi) is 7.92. The number of hydrogen-bond donors (Lipinski definition) is 1. The fraction of sp³-hybridized carbons (Fsp3) is 0.364. The van der Waals surface area contributed by atoms with Crippen molar-refractivity contribution in [1.29, 1.82) is 0 Å². The zero-order valence-corrected chi connectivity index (χ0v) is 18.8. The molecule has 0 saturated heterocycles. The van der Waals surface area contributed by atoms with Crippen molar-refractivity contribution in [3.8, 4) is 23.2 Å². The van der Waals surface area contributed by atoms with Crippen LogP contribution in [-0.4, -0.2) is 46.2 Å². The molecule has 0 spiro atoms. The number of rotatable bonds is 10. The van der Waals surface area contributed by atoms with Gasteiger partial charge in [0.25, 0.3) is 5.91 Å². The number of amides is 1. The van der Waals surface area contributed by atoms with Crippen molar-refractivity contribution in [2.45, 2.75) is 32.9 Å². The van der Waals surface area contributed by atoms with Crippen LogP contribution in [0.4, 0.5) is 18.9 Å². The van der Waals surface area contributed by atoms with E-state index in [1.807, 2.05) is 13.8 Å². The number of carbonyl (C=O) groups excluding carboxylic acids is 1. The van der Waals surface area contributed by atoms with E-state index in [0.717, 1.165) is 19.0 Å². The van der Waals surface area contributed by atoms with Gasteiger partial charge in [0.2, 0.25) is 5.88 Å². The number of nitrogens with zero attached hydrogens (tertiary/aromatic N) is 4. The van der Waals surface area contributed by atoms with Crippen LogP contribution in [-0.2, 0) is 6.18 Å². The molecule has 9 nitrogen and oxygen atoms in total. The molecule has 12 heteroatoms. The molecule has 0 fully saturated rings. The number of halogens is 3. The van der Waals surface area contributed by atoms with Gasteiger partial charge >= 0.3 is 6.18 Å². The van der Waals surface area contributed by atoms with Crippen LogP contribution in [0.3, 0.4) is 0 Å². The minimum Gasteiger partial charge on any atom is -0.490 e. The van der Waals surface area contributed by atoms with E-state index in [9.17, 15) is 18.0 Å². The van der Waals surface area contributed by atoms with Crippen molar-refractivity contribution in [2.75, 3.05) is 25.6 Å². The first-order valence-electron chi connectivity index (χ1n) is 10.5. The van der Waals surface area contributed by atoms with Gasteiger partial charge in [-0.15, -0.1) is 10.2 Å². The first-order chi connectivity index (χ1) is 16.3. The van der Waals surface area contributed by atoms with E-state index in [1.54, 1.807) is 6.07 Å². The van der Waals surface area contributed by atoms with Crippen molar-refractivity contribution in [3.05, 3.63) is 47.8 Å².